The quantitative estimate of drug-likeness (QED) is 0.214. The molecule has 0 radical (unpaired) electrons. The van der Waals surface area contributed by atoms with Gasteiger partial charge in [0.2, 0.25) is 0 Å². The first-order valence-corrected chi connectivity index (χ1v) is 6.38. The van der Waals surface area contributed by atoms with E-state index in [-0.39, 0.29) is 0 Å². The molecule has 0 fully saturated rings. The number of amides is 1. The van der Waals surface area contributed by atoms with Crippen LogP contribution in [-0.4, -0.2) is 23.6 Å². The van der Waals surface area contributed by atoms with Crippen LogP contribution >= 0.6 is 0 Å². The summed E-state index contributed by atoms with van der Waals surface area (Å²) in [6, 6.07) is 10.2. The fourth-order valence-electron chi connectivity index (χ4n) is 1.71. The zero-order valence-electron chi connectivity index (χ0n) is 11.2. The molecule has 0 aliphatic carbocycles. The number of hydrogen-bond donors (Lipinski definition) is 1. The average molecular weight is 264 g/mol. The van der Waals surface area contributed by atoms with E-state index >= 15 is 0 Å². The molecule has 5 nitrogen and oxygen atoms in total. The van der Waals surface area contributed by atoms with Gasteiger partial charge in [0.1, 0.15) is 0 Å². The summed E-state index contributed by atoms with van der Waals surface area (Å²) in [5.74, 6) is 4.82. The fraction of sp³-hybridized carbons (Fsp3) is 0.429. The summed E-state index contributed by atoms with van der Waals surface area (Å²) in [5, 5.41) is 0.934. The lowest BCUT2D eigenvalue weighted by atomic mass is 10.1. The summed E-state index contributed by atoms with van der Waals surface area (Å²) < 4.78 is 4.36. The van der Waals surface area contributed by atoms with Gasteiger partial charge in [-0.25, -0.2) is 15.6 Å². The molecule has 0 unspecified atom stereocenters. The number of carbonyl (C=O) groups is 2. The number of esters is 1. The minimum absolute atomic E-state index is 0.390. The number of nitrogens with zero attached hydrogens (tertiary/aromatic N) is 1. The third-order valence-electron chi connectivity index (χ3n) is 2.67. The first-order chi connectivity index (χ1) is 9.09. The van der Waals surface area contributed by atoms with Crippen molar-refractivity contribution in [3.05, 3.63) is 35.9 Å². The largest absolute Gasteiger partial charge is 0.431 e. The van der Waals surface area contributed by atoms with Crippen molar-refractivity contribution in [3.63, 3.8) is 0 Å². The van der Waals surface area contributed by atoms with Gasteiger partial charge in [0.25, 0.3) is 0 Å². The van der Waals surface area contributed by atoms with Crippen LogP contribution in [0.3, 0.4) is 0 Å². The van der Waals surface area contributed by atoms with E-state index in [1.807, 2.05) is 18.2 Å². The maximum absolute atomic E-state index is 11.2. The Morgan fingerprint density at radius 3 is 2.47 bits per heavy atom. The van der Waals surface area contributed by atoms with Crippen LogP contribution in [0.4, 0.5) is 4.79 Å². The van der Waals surface area contributed by atoms with Crippen LogP contribution in [0.25, 0.3) is 0 Å². The van der Waals surface area contributed by atoms with Crippen LogP contribution in [-0.2, 0) is 16.0 Å². The summed E-state index contributed by atoms with van der Waals surface area (Å²) in [6.07, 6.45) is 3.02. The second-order valence-electron chi connectivity index (χ2n) is 4.35. The maximum atomic E-state index is 11.2. The Kier molecular flexibility index (Phi) is 6.60. The lowest BCUT2D eigenvalue weighted by molar-refractivity contribution is -0.135. The number of unbranched alkanes of at least 4 members (excludes halogenated alkanes) is 2. The summed E-state index contributed by atoms with van der Waals surface area (Å²) >= 11 is 0. The second-order valence-corrected chi connectivity index (χ2v) is 4.35. The first-order valence-electron chi connectivity index (χ1n) is 6.38. The molecule has 1 aromatic carbocycles. The van der Waals surface area contributed by atoms with Gasteiger partial charge in [0.05, 0.1) is 0 Å². The van der Waals surface area contributed by atoms with Gasteiger partial charge in [0, 0.05) is 13.5 Å². The molecule has 0 spiro atoms. The molecule has 0 aliphatic rings. The summed E-state index contributed by atoms with van der Waals surface area (Å²) in [5.41, 5.74) is 1.31. The van der Waals surface area contributed by atoms with E-state index < -0.39 is 12.1 Å². The molecule has 1 aromatic rings. The van der Waals surface area contributed by atoms with Gasteiger partial charge in [0.15, 0.2) is 0 Å². The van der Waals surface area contributed by atoms with Crippen molar-refractivity contribution in [3.8, 4) is 0 Å². The highest BCUT2D eigenvalue weighted by atomic mass is 16.6. The van der Waals surface area contributed by atoms with E-state index in [1.165, 1.54) is 12.5 Å². The molecular formula is C14H20N2O3. The number of nitrogens with two attached hydrogens (primary N) is 1. The number of aryl methyl sites for hydroxylation is 1. The van der Waals surface area contributed by atoms with E-state index in [9.17, 15) is 9.59 Å². The van der Waals surface area contributed by atoms with Crippen molar-refractivity contribution in [2.75, 3.05) is 6.54 Å². The smallest absolute Gasteiger partial charge is 0.375 e. The van der Waals surface area contributed by atoms with Crippen LogP contribution in [0.1, 0.15) is 31.7 Å². The van der Waals surface area contributed by atoms with Gasteiger partial charge in [-0.15, -0.1) is 0 Å². The molecule has 0 saturated heterocycles. The van der Waals surface area contributed by atoms with E-state index in [2.05, 4.69) is 16.9 Å². The molecule has 5 heteroatoms. The Morgan fingerprint density at radius 1 is 1.16 bits per heavy atom. The minimum Gasteiger partial charge on any atom is -0.375 e. The molecule has 19 heavy (non-hydrogen) atoms. The van der Waals surface area contributed by atoms with E-state index in [1.54, 1.807) is 0 Å². The number of carbonyl (C=O) groups excluding carboxylic acids is 2. The number of hydrogen-bond acceptors (Lipinski definition) is 4. The highest BCUT2D eigenvalue weighted by Crippen LogP contribution is 2.06. The molecule has 104 valence electrons. The number of ether oxygens (including phenoxy) is 1. The fourth-order valence-corrected chi connectivity index (χ4v) is 1.71. The lowest BCUT2D eigenvalue weighted by Gasteiger charge is -2.14. The topological polar surface area (TPSA) is 72.6 Å². The molecule has 0 aliphatic heterocycles. The van der Waals surface area contributed by atoms with Crippen LogP contribution < -0.4 is 5.84 Å². The Labute approximate surface area is 113 Å². The highest BCUT2D eigenvalue weighted by Gasteiger charge is 2.12. The Hall–Kier alpha value is -1.88. The molecule has 0 bridgehead atoms. The normalized spacial score (nSPS) is 10.0. The molecule has 0 atom stereocenters. The van der Waals surface area contributed by atoms with Crippen molar-refractivity contribution < 1.29 is 14.3 Å². The van der Waals surface area contributed by atoms with Crippen molar-refractivity contribution in [1.29, 1.82) is 0 Å². The van der Waals surface area contributed by atoms with Crippen molar-refractivity contribution >= 4 is 12.1 Å². The monoisotopic (exact) mass is 264 g/mol. The Bertz CT molecular complexity index is 406. The van der Waals surface area contributed by atoms with Crippen LogP contribution in [0, 0.1) is 0 Å². The molecule has 2 N–H and O–H groups in total. The van der Waals surface area contributed by atoms with Gasteiger partial charge >= 0.3 is 12.1 Å². The minimum atomic E-state index is -0.796. The van der Waals surface area contributed by atoms with Crippen molar-refractivity contribution in [2.24, 2.45) is 5.84 Å². The first kappa shape index (κ1) is 15.2. The predicted octanol–water partition coefficient (Wildman–Crippen LogP) is 2.26. The van der Waals surface area contributed by atoms with E-state index in [0.717, 1.165) is 30.7 Å². The van der Waals surface area contributed by atoms with Crippen molar-refractivity contribution in [1.82, 2.24) is 5.01 Å². The molecule has 1 amide bonds. The van der Waals surface area contributed by atoms with Gasteiger partial charge in [-0.3, -0.25) is 4.79 Å². The molecule has 0 aromatic heterocycles. The summed E-state index contributed by atoms with van der Waals surface area (Å²) in [4.78, 5) is 21.8. The molecule has 0 heterocycles. The van der Waals surface area contributed by atoms with E-state index in [4.69, 9.17) is 5.84 Å². The number of benzene rings is 1. The average Bonchev–Trinajstić information content (AvgIpc) is 2.38. The zero-order valence-corrected chi connectivity index (χ0v) is 11.2. The second kappa shape index (κ2) is 8.26. The summed E-state index contributed by atoms with van der Waals surface area (Å²) in [7, 11) is 0. The van der Waals surface area contributed by atoms with Crippen LogP contribution in [0.5, 0.6) is 0 Å². The third-order valence-corrected chi connectivity index (χ3v) is 2.67. The van der Waals surface area contributed by atoms with Crippen LogP contribution in [0.2, 0.25) is 0 Å². The Morgan fingerprint density at radius 2 is 1.84 bits per heavy atom. The third kappa shape index (κ3) is 6.57. The Balaban J connectivity index is 2.10. The molecule has 1 rings (SSSR count). The molecular weight excluding hydrogens is 244 g/mol. The SMILES string of the molecule is CC(=O)OC(=O)N(N)CCCCCc1ccccc1. The highest BCUT2D eigenvalue weighted by molar-refractivity contribution is 5.82. The predicted molar refractivity (Wildman–Crippen MR) is 72.1 cm³/mol. The van der Waals surface area contributed by atoms with E-state index in [0.29, 0.717) is 6.54 Å². The van der Waals surface area contributed by atoms with Gasteiger partial charge in [-0.2, -0.15) is 0 Å². The van der Waals surface area contributed by atoms with Gasteiger partial charge in [-0.05, 0) is 24.8 Å². The summed E-state index contributed by atoms with van der Waals surface area (Å²) in [6.45, 7) is 1.56. The van der Waals surface area contributed by atoms with Crippen molar-refractivity contribution in [2.45, 2.75) is 32.6 Å². The maximum Gasteiger partial charge on any atom is 0.431 e. The van der Waals surface area contributed by atoms with Gasteiger partial charge in [-0.1, -0.05) is 36.8 Å². The molecule has 0 saturated carbocycles. The lowest BCUT2D eigenvalue weighted by Crippen LogP contribution is -2.39. The number of hydrazine groups is 1. The number of rotatable bonds is 6. The van der Waals surface area contributed by atoms with Crippen LogP contribution in [0.15, 0.2) is 30.3 Å². The zero-order chi connectivity index (χ0) is 14.1. The van der Waals surface area contributed by atoms with Gasteiger partial charge < -0.3 is 4.74 Å². The standard InChI is InChI=1S/C14H20N2O3/c1-12(17)19-14(18)16(15)11-7-3-6-10-13-8-4-2-5-9-13/h2,4-5,8-9H,3,6-7,10-11,15H2,1H3.